The number of benzene rings is 1. The molecule has 1 unspecified atom stereocenters. The smallest absolute Gasteiger partial charge is 0.140 e. The minimum atomic E-state index is -0.717. The van der Waals surface area contributed by atoms with Gasteiger partial charge in [0.2, 0.25) is 0 Å². The van der Waals surface area contributed by atoms with E-state index in [-0.39, 0.29) is 0 Å². The van der Waals surface area contributed by atoms with Gasteiger partial charge in [0, 0.05) is 35.3 Å². The fraction of sp³-hybridized carbons (Fsp3) is 0.250. The van der Waals surface area contributed by atoms with E-state index in [0.717, 1.165) is 33.9 Å². The third-order valence-electron chi connectivity index (χ3n) is 4.98. The minimum Gasteiger partial charge on any atom is -0.397 e. The van der Waals surface area contributed by atoms with E-state index in [0.29, 0.717) is 5.69 Å². The highest BCUT2D eigenvalue weighted by Crippen LogP contribution is 2.48. The predicted molar refractivity (Wildman–Crippen MR) is 102 cm³/mol. The third-order valence-corrected chi connectivity index (χ3v) is 4.98. The van der Waals surface area contributed by atoms with E-state index in [1.807, 2.05) is 50.2 Å². The molecule has 1 aromatic carbocycles. The molecule has 132 valence electrons. The molecule has 2 aromatic heterocycles. The van der Waals surface area contributed by atoms with Crippen molar-refractivity contribution >= 4 is 17.1 Å². The Hall–Kier alpha value is -2.99. The highest BCUT2D eigenvalue weighted by molar-refractivity contribution is 5.79. The topological polar surface area (TPSA) is 88.2 Å². The average molecular weight is 347 g/mol. The van der Waals surface area contributed by atoms with Crippen LogP contribution in [-0.4, -0.2) is 26.3 Å². The first-order valence-corrected chi connectivity index (χ1v) is 8.49. The van der Waals surface area contributed by atoms with Crippen molar-refractivity contribution < 1.29 is 5.11 Å². The van der Waals surface area contributed by atoms with Gasteiger partial charge in [0.05, 0.1) is 17.6 Å². The second-order valence-electron chi connectivity index (χ2n) is 7.19. The summed E-state index contributed by atoms with van der Waals surface area (Å²) in [4.78, 5) is 14.6. The van der Waals surface area contributed by atoms with Crippen molar-refractivity contribution in [3.8, 4) is 11.1 Å². The minimum absolute atomic E-state index is 0.428. The number of hydrogen-bond donors (Lipinski definition) is 2. The molecule has 1 aliphatic heterocycles. The number of aryl methyl sites for hydroxylation is 1. The fourth-order valence-corrected chi connectivity index (χ4v) is 3.45. The standard InChI is InChI=1S/C20H21N5O/c1-12-23-8-14(9-24-12)13-4-5-17-18(6-13)25(19(26)20(17,2)3)16-7-15(21)10-22-11-16/h4-11,19,26H,21H2,1-3H3. The Bertz CT molecular complexity index is 968. The van der Waals surface area contributed by atoms with Crippen molar-refractivity contribution in [2.24, 2.45) is 0 Å². The number of nitrogens with zero attached hydrogens (tertiary/aromatic N) is 4. The molecule has 1 atom stereocenters. The summed E-state index contributed by atoms with van der Waals surface area (Å²) in [5.74, 6) is 0.735. The molecule has 0 bridgehead atoms. The number of nitrogens with two attached hydrogens (primary N) is 1. The van der Waals surface area contributed by atoms with Gasteiger partial charge >= 0.3 is 0 Å². The molecule has 3 N–H and O–H groups in total. The maximum absolute atomic E-state index is 11.0. The first-order chi connectivity index (χ1) is 12.4. The van der Waals surface area contributed by atoms with Gasteiger partial charge in [-0.2, -0.15) is 0 Å². The summed E-state index contributed by atoms with van der Waals surface area (Å²) in [6.45, 7) is 5.93. The molecule has 0 saturated heterocycles. The monoisotopic (exact) mass is 347 g/mol. The Morgan fingerprint density at radius 1 is 1.04 bits per heavy atom. The van der Waals surface area contributed by atoms with Crippen LogP contribution in [0.5, 0.6) is 0 Å². The summed E-state index contributed by atoms with van der Waals surface area (Å²) >= 11 is 0. The Balaban J connectivity index is 1.87. The molecule has 1 aliphatic rings. The number of nitrogen functional groups attached to an aromatic ring is 1. The average Bonchev–Trinajstić information content (AvgIpc) is 2.81. The Kier molecular flexibility index (Phi) is 3.66. The molecule has 0 aliphatic carbocycles. The molecule has 6 nitrogen and oxygen atoms in total. The number of aliphatic hydroxyl groups excluding tert-OH is 1. The molecular formula is C20H21N5O. The van der Waals surface area contributed by atoms with Crippen LogP contribution >= 0.6 is 0 Å². The lowest BCUT2D eigenvalue weighted by molar-refractivity contribution is 0.119. The van der Waals surface area contributed by atoms with E-state index in [1.54, 1.807) is 12.4 Å². The van der Waals surface area contributed by atoms with Gasteiger partial charge in [0.1, 0.15) is 12.1 Å². The molecule has 0 spiro atoms. The number of pyridine rings is 1. The van der Waals surface area contributed by atoms with E-state index in [2.05, 4.69) is 27.1 Å². The predicted octanol–water partition coefficient (Wildman–Crippen LogP) is 3.18. The van der Waals surface area contributed by atoms with Gasteiger partial charge in [-0.1, -0.05) is 26.0 Å². The fourth-order valence-electron chi connectivity index (χ4n) is 3.45. The number of anilines is 3. The maximum Gasteiger partial charge on any atom is 0.140 e. The van der Waals surface area contributed by atoms with Gasteiger partial charge < -0.3 is 15.7 Å². The van der Waals surface area contributed by atoms with Crippen molar-refractivity contribution in [3.05, 3.63) is 60.4 Å². The van der Waals surface area contributed by atoms with Crippen molar-refractivity contribution in [2.45, 2.75) is 32.4 Å². The molecule has 0 amide bonds. The van der Waals surface area contributed by atoms with Crippen molar-refractivity contribution in [3.63, 3.8) is 0 Å². The molecule has 0 radical (unpaired) electrons. The lowest BCUT2D eigenvalue weighted by Gasteiger charge is -2.29. The second kappa shape index (κ2) is 5.78. The highest BCUT2D eigenvalue weighted by Gasteiger charge is 2.44. The molecule has 3 heterocycles. The van der Waals surface area contributed by atoms with E-state index < -0.39 is 11.6 Å². The van der Waals surface area contributed by atoms with E-state index >= 15 is 0 Å². The quantitative estimate of drug-likeness (QED) is 0.740. The molecule has 26 heavy (non-hydrogen) atoms. The zero-order chi connectivity index (χ0) is 18.5. The van der Waals surface area contributed by atoms with Crippen LogP contribution in [0, 0.1) is 6.92 Å². The van der Waals surface area contributed by atoms with Gasteiger partial charge in [0.15, 0.2) is 0 Å². The molecule has 4 rings (SSSR count). The molecule has 6 heteroatoms. The maximum atomic E-state index is 11.0. The normalized spacial score (nSPS) is 18.0. The third kappa shape index (κ3) is 2.50. The number of aromatic nitrogens is 3. The lowest BCUT2D eigenvalue weighted by Crippen LogP contribution is -2.38. The first-order valence-electron chi connectivity index (χ1n) is 8.49. The zero-order valence-corrected chi connectivity index (χ0v) is 15.0. The van der Waals surface area contributed by atoms with Crippen LogP contribution in [0.15, 0.2) is 49.1 Å². The van der Waals surface area contributed by atoms with Gasteiger partial charge in [0.25, 0.3) is 0 Å². The largest absolute Gasteiger partial charge is 0.397 e. The van der Waals surface area contributed by atoms with E-state index in [1.165, 1.54) is 0 Å². The number of fused-ring (bicyclic) bond motifs is 1. The number of hydrogen-bond acceptors (Lipinski definition) is 6. The van der Waals surface area contributed by atoms with Crippen molar-refractivity contribution in [1.29, 1.82) is 0 Å². The molecule has 0 saturated carbocycles. The molecule has 0 fully saturated rings. The Morgan fingerprint density at radius 2 is 1.77 bits per heavy atom. The Labute approximate surface area is 152 Å². The van der Waals surface area contributed by atoms with Crippen LogP contribution in [0.3, 0.4) is 0 Å². The van der Waals surface area contributed by atoms with Gasteiger partial charge in [-0.05, 0) is 30.2 Å². The van der Waals surface area contributed by atoms with Crippen LogP contribution in [0.1, 0.15) is 25.2 Å². The summed E-state index contributed by atoms with van der Waals surface area (Å²) in [7, 11) is 0. The Morgan fingerprint density at radius 3 is 2.46 bits per heavy atom. The summed E-state index contributed by atoms with van der Waals surface area (Å²) in [5, 5.41) is 11.0. The lowest BCUT2D eigenvalue weighted by atomic mass is 9.85. The van der Waals surface area contributed by atoms with Crippen LogP contribution in [0.25, 0.3) is 11.1 Å². The molecular weight excluding hydrogens is 326 g/mol. The van der Waals surface area contributed by atoms with Crippen LogP contribution in [-0.2, 0) is 5.41 Å². The number of aliphatic hydroxyl groups is 1. The van der Waals surface area contributed by atoms with Gasteiger partial charge in [-0.15, -0.1) is 0 Å². The summed E-state index contributed by atoms with van der Waals surface area (Å²) in [5.41, 5.74) is 10.7. The van der Waals surface area contributed by atoms with Gasteiger partial charge in [-0.3, -0.25) is 4.98 Å². The van der Waals surface area contributed by atoms with Crippen molar-refractivity contribution in [1.82, 2.24) is 15.0 Å². The van der Waals surface area contributed by atoms with Crippen LogP contribution < -0.4 is 10.6 Å². The molecule has 3 aromatic rings. The van der Waals surface area contributed by atoms with E-state index in [4.69, 9.17) is 5.73 Å². The first kappa shape index (κ1) is 16.5. The van der Waals surface area contributed by atoms with Crippen LogP contribution in [0.4, 0.5) is 17.1 Å². The number of rotatable bonds is 2. The summed E-state index contributed by atoms with van der Waals surface area (Å²) in [6.07, 6.45) is 6.22. The highest BCUT2D eigenvalue weighted by atomic mass is 16.3. The van der Waals surface area contributed by atoms with E-state index in [9.17, 15) is 5.11 Å². The summed E-state index contributed by atoms with van der Waals surface area (Å²) < 4.78 is 0. The second-order valence-corrected chi connectivity index (χ2v) is 7.19. The van der Waals surface area contributed by atoms with Gasteiger partial charge in [-0.25, -0.2) is 9.97 Å². The summed E-state index contributed by atoms with van der Waals surface area (Å²) in [6, 6.07) is 7.99. The van der Waals surface area contributed by atoms with Crippen molar-refractivity contribution in [2.75, 3.05) is 10.6 Å². The van der Waals surface area contributed by atoms with Crippen LogP contribution in [0.2, 0.25) is 0 Å². The zero-order valence-electron chi connectivity index (χ0n) is 15.0. The SMILES string of the molecule is Cc1ncc(-c2ccc3c(c2)N(c2cncc(N)c2)C(O)C3(C)C)cn1.